The van der Waals surface area contributed by atoms with Crippen LogP contribution in [0.1, 0.15) is 29.6 Å². The number of rotatable bonds is 4. The molecular formula is C19H28N4O2. The number of likely N-dealkylation sites (N-methyl/N-ethyl adjacent to an activating group) is 1. The summed E-state index contributed by atoms with van der Waals surface area (Å²) in [5, 5.41) is 2.97. The van der Waals surface area contributed by atoms with Gasteiger partial charge in [-0.1, -0.05) is 6.42 Å². The van der Waals surface area contributed by atoms with Gasteiger partial charge in [0.2, 0.25) is 5.91 Å². The summed E-state index contributed by atoms with van der Waals surface area (Å²) in [6, 6.07) is 7.22. The Morgan fingerprint density at radius 2 is 1.80 bits per heavy atom. The van der Waals surface area contributed by atoms with E-state index in [1.54, 1.807) is 12.1 Å². The van der Waals surface area contributed by atoms with Gasteiger partial charge in [-0.05, 0) is 56.6 Å². The summed E-state index contributed by atoms with van der Waals surface area (Å²) in [5.41, 5.74) is 7.17. The van der Waals surface area contributed by atoms with Crippen LogP contribution in [-0.4, -0.2) is 61.4 Å². The Balaban J connectivity index is 1.58. The second kappa shape index (κ2) is 7.97. The van der Waals surface area contributed by atoms with Gasteiger partial charge >= 0.3 is 0 Å². The van der Waals surface area contributed by atoms with Gasteiger partial charge in [-0.2, -0.15) is 0 Å². The van der Waals surface area contributed by atoms with Crippen molar-refractivity contribution < 1.29 is 9.59 Å². The van der Waals surface area contributed by atoms with Crippen molar-refractivity contribution in [2.24, 2.45) is 17.6 Å². The number of nitrogens with two attached hydrogens (primary N) is 1. The molecule has 6 heteroatoms. The predicted octanol–water partition coefficient (Wildman–Crippen LogP) is 1.39. The molecule has 2 aliphatic rings. The molecule has 3 rings (SSSR count). The van der Waals surface area contributed by atoms with E-state index in [9.17, 15) is 9.59 Å². The SMILES string of the molecule is CN1CCN(C(=O)c2ccc(NC(=O)[C@@H]3CCC[C@@H]3CN)cc2)CC1. The zero-order valence-corrected chi connectivity index (χ0v) is 14.9. The molecule has 1 saturated carbocycles. The molecule has 0 unspecified atom stereocenters. The van der Waals surface area contributed by atoms with Crippen LogP contribution in [0, 0.1) is 11.8 Å². The lowest BCUT2D eigenvalue weighted by Gasteiger charge is -2.32. The van der Waals surface area contributed by atoms with Gasteiger partial charge in [0, 0.05) is 43.3 Å². The van der Waals surface area contributed by atoms with Gasteiger partial charge in [-0.25, -0.2) is 0 Å². The van der Waals surface area contributed by atoms with E-state index in [-0.39, 0.29) is 23.7 Å². The molecule has 0 spiro atoms. The molecule has 1 heterocycles. The van der Waals surface area contributed by atoms with E-state index >= 15 is 0 Å². The van der Waals surface area contributed by atoms with Crippen molar-refractivity contribution in [1.82, 2.24) is 9.80 Å². The van der Waals surface area contributed by atoms with Gasteiger partial charge in [0.05, 0.1) is 0 Å². The fourth-order valence-corrected chi connectivity index (χ4v) is 3.79. The fourth-order valence-electron chi connectivity index (χ4n) is 3.79. The molecule has 0 aromatic heterocycles. The van der Waals surface area contributed by atoms with Crippen molar-refractivity contribution >= 4 is 17.5 Å². The molecule has 0 bridgehead atoms. The Morgan fingerprint density at radius 1 is 1.12 bits per heavy atom. The molecule has 1 saturated heterocycles. The normalized spacial score (nSPS) is 24.3. The highest BCUT2D eigenvalue weighted by molar-refractivity contribution is 5.96. The highest BCUT2D eigenvalue weighted by atomic mass is 16.2. The van der Waals surface area contributed by atoms with Crippen LogP contribution in [0.5, 0.6) is 0 Å². The molecule has 6 nitrogen and oxygen atoms in total. The van der Waals surface area contributed by atoms with Crippen LogP contribution in [0.25, 0.3) is 0 Å². The third-order valence-electron chi connectivity index (χ3n) is 5.49. The minimum atomic E-state index is 0.0108. The summed E-state index contributed by atoms with van der Waals surface area (Å²) in [6.07, 6.45) is 3.01. The summed E-state index contributed by atoms with van der Waals surface area (Å²) in [7, 11) is 2.07. The summed E-state index contributed by atoms with van der Waals surface area (Å²) in [4.78, 5) is 29.1. The molecule has 1 aromatic rings. The van der Waals surface area contributed by atoms with E-state index in [1.807, 2.05) is 17.0 Å². The Kier molecular flexibility index (Phi) is 5.71. The number of carbonyl (C=O) groups is 2. The van der Waals surface area contributed by atoms with Crippen molar-refractivity contribution in [2.75, 3.05) is 45.1 Å². The maximum absolute atomic E-state index is 12.5. The standard InChI is InChI=1S/C19H28N4O2/c1-22-9-11-23(12-10-22)19(25)14-5-7-16(8-6-14)21-18(24)17-4-2-3-15(17)13-20/h5-8,15,17H,2-4,9-13,20H2,1H3,(H,21,24)/t15-,17-/m1/s1. The third kappa shape index (κ3) is 4.19. The van der Waals surface area contributed by atoms with Crippen LogP contribution in [-0.2, 0) is 4.79 Å². The average Bonchev–Trinajstić information content (AvgIpc) is 3.11. The van der Waals surface area contributed by atoms with Gasteiger partial charge < -0.3 is 20.9 Å². The Hall–Kier alpha value is -1.92. The molecule has 0 radical (unpaired) electrons. The Bertz CT molecular complexity index is 608. The third-order valence-corrected chi connectivity index (χ3v) is 5.49. The van der Waals surface area contributed by atoms with Crippen molar-refractivity contribution in [1.29, 1.82) is 0 Å². The summed E-state index contributed by atoms with van der Waals surface area (Å²) in [6.45, 7) is 3.90. The molecule has 2 atom stereocenters. The lowest BCUT2D eigenvalue weighted by atomic mass is 9.95. The minimum Gasteiger partial charge on any atom is -0.336 e. The number of hydrogen-bond acceptors (Lipinski definition) is 4. The van der Waals surface area contributed by atoms with Crippen LogP contribution in [0.2, 0.25) is 0 Å². The van der Waals surface area contributed by atoms with Crippen LogP contribution < -0.4 is 11.1 Å². The van der Waals surface area contributed by atoms with Crippen LogP contribution in [0.4, 0.5) is 5.69 Å². The van der Waals surface area contributed by atoms with E-state index in [0.717, 1.165) is 51.1 Å². The average molecular weight is 344 g/mol. The monoisotopic (exact) mass is 344 g/mol. The fraction of sp³-hybridized carbons (Fsp3) is 0.579. The molecular weight excluding hydrogens is 316 g/mol. The largest absolute Gasteiger partial charge is 0.336 e. The smallest absolute Gasteiger partial charge is 0.253 e. The van der Waals surface area contributed by atoms with Gasteiger partial charge in [0.15, 0.2) is 0 Å². The molecule has 1 aromatic carbocycles. The van der Waals surface area contributed by atoms with E-state index < -0.39 is 0 Å². The summed E-state index contributed by atoms with van der Waals surface area (Å²) >= 11 is 0. The molecule has 25 heavy (non-hydrogen) atoms. The number of benzene rings is 1. The van der Waals surface area contributed by atoms with Gasteiger partial charge in [0.1, 0.15) is 0 Å². The molecule has 3 N–H and O–H groups in total. The second-order valence-corrected chi connectivity index (χ2v) is 7.20. The molecule has 1 aliphatic heterocycles. The first-order chi connectivity index (χ1) is 12.1. The van der Waals surface area contributed by atoms with Crippen molar-refractivity contribution in [3.63, 3.8) is 0 Å². The first-order valence-corrected chi connectivity index (χ1v) is 9.17. The maximum atomic E-state index is 12.5. The van der Waals surface area contributed by atoms with Gasteiger partial charge in [0.25, 0.3) is 5.91 Å². The van der Waals surface area contributed by atoms with E-state index in [0.29, 0.717) is 12.1 Å². The number of anilines is 1. The highest BCUT2D eigenvalue weighted by Crippen LogP contribution is 2.31. The summed E-state index contributed by atoms with van der Waals surface area (Å²) < 4.78 is 0. The van der Waals surface area contributed by atoms with E-state index in [2.05, 4.69) is 17.3 Å². The lowest BCUT2D eigenvalue weighted by Crippen LogP contribution is -2.47. The molecule has 136 valence electrons. The Morgan fingerprint density at radius 3 is 2.44 bits per heavy atom. The topological polar surface area (TPSA) is 78.7 Å². The van der Waals surface area contributed by atoms with Crippen molar-refractivity contribution in [3.05, 3.63) is 29.8 Å². The van der Waals surface area contributed by atoms with Gasteiger partial charge in [-0.15, -0.1) is 0 Å². The van der Waals surface area contributed by atoms with Crippen LogP contribution in [0.3, 0.4) is 0 Å². The number of amides is 2. The number of hydrogen-bond donors (Lipinski definition) is 2. The highest BCUT2D eigenvalue weighted by Gasteiger charge is 2.31. The van der Waals surface area contributed by atoms with Crippen molar-refractivity contribution in [3.8, 4) is 0 Å². The molecule has 2 fully saturated rings. The second-order valence-electron chi connectivity index (χ2n) is 7.20. The van der Waals surface area contributed by atoms with Crippen LogP contribution in [0.15, 0.2) is 24.3 Å². The maximum Gasteiger partial charge on any atom is 0.253 e. The van der Waals surface area contributed by atoms with Crippen LogP contribution >= 0.6 is 0 Å². The predicted molar refractivity (Wildman–Crippen MR) is 98.4 cm³/mol. The summed E-state index contributed by atoms with van der Waals surface area (Å²) in [5.74, 6) is 0.408. The van der Waals surface area contributed by atoms with E-state index in [4.69, 9.17) is 5.73 Å². The Labute approximate surface area is 149 Å². The first kappa shape index (κ1) is 17.9. The number of nitrogens with zero attached hydrogens (tertiary/aromatic N) is 2. The van der Waals surface area contributed by atoms with Crippen molar-refractivity contribution in [2.45, 2.75) is 19.3 Å². The molecule has 1 aliphatic carbocycles. The number of piperazine rings is 1. The van der Waals surface area contributed by atoms with E-state index in [1.165, 1.54) is 0 Å². The number of carbonyl (C=O) groups excluding carboxylic acids is 2. The zero-order valence-electron chi connectivity index (χ0n) is 14.9. The molecule has 2 amide bonds. The van der Waals surface area contributed by atoms with Gasteiger partial charge in [-0.3, -0.25) is 9.59 Å². The minimum absolute atomic E-state index is 0.0108. The quantitative estimate of drug-likeness (QED) is 0.865. The zero-order chi connectivity index (χ0) is 17.8. The number of nitrogens with one attached hydrogen (secondary N) is 1. The first-order valence-electron chi connectivity index (χ1n) is 9.17. The lowest BCUT2D eigenvalue weighted by molar-refractivity contribution is -0.120.